The fraction of sp³-hybridized carbons (Fsp3) is 0.379. The number of rotatable bonds is 10. The van der Waals surface area contributed by atoms with Gasteiger partial charge in [-0.1, -0.05) is 62.4 Å². The number of fused-ring (bicyclic) bond motifs is 1. The summed E-state index contributed by atoms with van der Waals surface area (Å²) in [5.74, 6) is 0.940. The maximum atomic E-state index is 13.1. The maximum absolute atomic E-state index is 13.1. The first-order valence-electron chi connectivity index (χ1n) is 12.6. The van der Waals surface area contributed by atoms with E-state index in [1.807, 2.05) is 66.7 Å². The summed E-state index contributed by atoms with van der Waals surface area (Å²) in [5, 5.41) is 11.4. The molecule has 0 radical (unpaired) electrons. The van der Waals surface area contributed by atoms with Crippen molar-refractivity contribution >= 4 is 28.3 Å². The minimum atomic E-state index is -0.543. The topological polar surface area (TPSA) is 79.5 Å². The van der Waals surface area contributed by atoms with Gasteiger partial charge in [0, 0.05) is 24.3 Å². The number of nitrogens with one attached hydrogen (secondary N) is 3. The molecule has 0 heterocycles. The van der Waals surface area contributed by atoms with Crippen LogP contribution in [0.15, 0.2) is 66.7 Å². The molecule has 35 heavy (non-hydrogen) atoms. The highest BCUT2D eigenvalue weighted by molar-refractivity contribution is 6.00. The van der Waals surface area contributed by atoms with Crippen molar-refractivity contribution in [3.05, 3.63) is 72.3 Å². The molecular formula is C29H35N3O3. The molecular weight excluding hydrogens is 438 g/mol. The molecule has 3 aromatic carbocycles. The van der Waals surface area contributed by atoms with Crippen molar-refractivity contribution in [2.75, 3.05) is 25.5 Å². The van der Waals surface area contributed by atoms with Gasteiger partial charge in [0.1, 0.15) is 11.8 Å². The van der Waals surface area contributed by atoms with Gasteiger partial charge in [-0.15, -0.1) is 0 Å². The molecule has 1 saturated carbocycles. The molecule has 0 bridgehead atoms. The predicted molar refractivity (Wildman–Crippen MR) is 141 cm³/mol. The van der Waals surface area contributed by atoms with E-state index in [1.165, 1.54) is 19.3 Å². The van der Waals surface area contributed by atoms with Gasteiger partial charge in [-0.2, -0.15) is 0 Å². The number of amides is 2. The quantitative estimate of drug-likeness (QED) is 0.356. The van der Waals surface area contributed by atoms with Crippen LogP contribution in [0.3, 0.4) is 0 Å². The Hall–Kier alpha value is -3.54. The zero-order chi connectivity index (χ0) is 24.5. The summed E-state index contributed by atoms with van der Waals surface area (Å²) in [6, 6.07) is 20.7. The highest BCUT2D eigenvalue weighted by atomic mass is 16.5. The van der Waals surface area contributed by atoms with E-state index < -0.39 is 6.04 Å². The number of carbonyl (C=O) groups is 2. The van der Waals surface area contributed by atoms with E-state index in [9.17, 15) is 9.59 Å². The number of hydrogen-bond acceptors (Lipinski definition) is 4. The van der Waals surface area contributed by atoms with Crippen molar-refractivity contribution in [2.24, 2.45) is 5.92 Å². The molecule has 1 aliphatic rings. The molecule has 0 spiro atoms. The SMILES string of the molecule is COc1ccc(NCCNC(=O)[C@H](CC2CCCCC2)NC(=O)c2ccc3ccccc3c2)cc1. The smallest absolute Gasteiger partial charge is 0.251 e. The lowest BCUT2D eigenvalue weighted by Gasteiger charge is -2.26. The monoisotopic (exact) mass is 473 g/mol. The summed E-state index contributed by atoms with van der Waals surface area (Å²) in [6.07, 6.45) is 6.57. The highest BCUT2D eigenvalue weighted by Gasteiger charge is 2.26. The average molecular weight is 474 g/mol. The van der Waals surface area contributed by atoms with Crippen molar-refractivity contribution in [1.82, 2.24) is 10.6 Å². The van der Waals surface area contributed by atoms with Gasteiger partial charge in [0.15, 0.2) is 0 Å². The van der Waals surface area contributed by atoms with Crippen molar-refractivity contribution in [3.8, 4) is 5.75 Å². The Morgan fingerprint density at radius 3 is 2.40 bits per heavy atom. The second-order valence-electron chi connectivity index (χ2n) is 9.27. The Balaban J connectivity index is 1.35. The number of methoxy groups -OCH3 is 1. The van der Waals surface area contributed by atoms with E-state index in [-0.39, 0.29) is 11.8 Å². The number of hydrogen-bond donors (Lipinski definition) is 3. The zero-order valence-electron chi connectivity index (χ0n) is 20.4. The van der Waals surface area contributed by atoms with E-state index >= 15 is 0 Å². The first-order valence-corrected chi connectivity index (χ1v) is 12.6. The molecule has 6 nitrogen and oxygen atoms in total. The zero-order valence-corrected chi connectivity index (χ0v) is 20.4. The van der Waals surface area contributed by atoms with Crippen LogP contribution < -0.4 is 20.7 Å². The standard InChI is InChI=1S/C29H35N3O3/c1-35-26-15-13-25(14-16-26)30-17-18-31-29(34)27(19-21-7-3-2-4-8-21)32-28(33)24-12-11-22-9-5-6-10-23(22)20-24/h5-6,9-16,20-21,27,30H,2-4,7-8,17-19H2,1H3,(H,31,34)(H,32,33)/t27-/m0/s1. The van der Waals surface area contributed by atoms with Crippen LogP contribution in [0.1, 0.15) is 48.9 Å². The van der Waals surface area contributed by atoms with Gasteiger partial charge in [0.25, 0.3) is 5.91 Å². The second-order valence-corrected chi connectivity index (χ2v) is 9.27. The number of anilines is 1. The van der Waals surface area contributed by atoms with Gasteiger partial charge in [-0.3, -0.25) is 9.59 Å². The largest absolute Gasteiger partial charge is 0.497 e. The fourth-order valence-corrected chi connectivity index (χ4v) is 4.78. The lowest BCUT2D eigenvalue weighted by atomic mass is 9.84. The highest BCUT2D eigenvalue weighted by Crippen LogP contribution is 2.27. The van der Waals surface area contributed by atoms with Crippen molar-refractivity contribution in [3.63, 3.8) is 0 Å². The predicted octanol–water partition coefficient (Wildman–Crippen LogP) is 5.15. The lowest BCUT2D eigenvalue weighted by molar-refractivity contribution is -0.123. The molecule has 0 aromatic heterocycles. The van der Waals surface area contributed by atoms with E-state index in [0.29, 0.717) is 31.0 Å². The molecule has 4 rings (SSSR count). The summed E-state index contributed by atoms with van der Waals surface area (Å²) >= 11 is 0. The average Bonchev–Trinajstić information content (AvgIpc) is 2.91. The van der Waals surface area contributed by atoms with Gasteiger partial charge in [0.2, 0.25) is 5.91 Å². The molecule has 3 N–H and O–H groups in total. The van der Waals surface area contributed by atoms with Crippen LogP contribution >= 0.6 is 0 Å². The lowest BCUT2D eigenvalue weighted by Crippen LogP contribution is -2.48. The summed E-state index contributed by atoms with van der Waals surface area (Å²) < 4.78 is 5.18. The molecule has 1 fully saturated rings. The first-order chi connectivity index (χ1) is 17.1. The van der Waals surface area contributed by atoms with Gasteiger partial charge >= 0.3 is 0 Å². The van der Waals surface area contributed by atoms with E-state index in [2.05, 4.69) is 16.0 Å². The van der Waals surface area contributed by atoms with Crippen LogP contribution in [0, 0.1) is 5.92 Å². The summed E-state index contributed by atoms with van der Waals surface area (Å²) in [5.41, 5.74) is 1.54. The van der Waals surface area contributed by atoms with Crippen LogP contribution in [0.4, 0.5) is 5.69 Å². The molecule has 0 saturated heterocycles. The normalized spacial score (nSPS) is 14.8. The van der Waals surface area contributed by atoms with E-state index in [4.69, 9.17) is 4.74 Å². The van der Waals surface area contributed by atoms with Gasteiger partial charge in [-0.25, -0.2) is 0 Å². The third-order valence-corrected chi connectivity index (χ3v) is 6.77. The fourth-order valence-electron chi connectivity index (χ4n) is 4.78. The molecule has 0 aliphatic heterocycles. The van der Waals surface area contributed by atoms with Crippen LogP contribution in [0.25, 0.3) is 10.8 Å². The Morgan fingerprint density at radius 1 is 0.914 bits per heavy atom. The van der Waals surface area contributed by atoms with Gasteiger partial charge in [0.05, 0.1) is 7.11 Å². The molecule has 3 aromatic rings. The number of ether oxygens (including phenoxy) is 1. The third-order valence-electron chi connectivity index (χ3n) is 6.77. The van der Waals surface area contributed by atoms with Crippen LogP contribution in [-0.4, -0.2) is 38.1 Å². The van der Waals surface area contributed by atoms with E-state index in [1.54, 1.807) is 7.11 Å². The molecule has 0 unspecified atom stereocenters. The minimum absolute atomic E-state index is 0.124. The summed E-state index contributed by atoms with van der Waals surface area (Å²) in [7, 11) is 1.64. The van der Waals surface area contributed by atoms with Crippen LogP contribution in [0.5, 0.6) is 5.75 Å². The Bertz CT molecular complexity index is 1120. The molecule has 2 amide bonds. The van der Waals surface area contributed by atoms with Crippen molar-refractivity contribution in [2.45, 2.75) is 44.6 Å². The number of benzene rings is 3. The van der Waals surface area contributed by atoms with Gasteiger partial charge < -0.3 is 20.7 Å². The van der Waals surface area contributed by atoms with Crippen LogP contribution in [0.2, 0.25) is 0 Å². The first kappa shape index (κ1) is 24.6. The minimum Gasteiger partial charge on any atom is -0.497 e. The second kappa shape index (κ2) is 12.2. The summed E-state index contributed by atoms with van der Waals surface area (Å²) in [4.78, 5) is 26.2. The summed E-state index contributed by atoms with van der Waals surface area (Å²) in [6.45, 7) is 1.06. The van der Waals surface area contributed by atoms with E-state index in [0.717, 1.165) is 35.1 Å². The third kappa shape index (κ3) is 6.98. The Kier molecular flexibility index (Phi) is 8.60. The molecule has 1 aliphatic carbocycles. The Labute approximate surface area is 207 Å². The number of carbonyl (C=O) groups excluding carboxylic acids is 2. The van der Waals surface area contributed by atoms with Crippen LogP contribution in [-0.2, 0) is 4.79 Å². The molecule has 6 heteroatoms. The van der Waals surface area contributed by atoms with Crippen molar-refractivity contribution < 1.29 is 14.3 Å². The Morgan fingerprint density at radius 2 is 1.66 bits per heavy atom. The van der Waals surface area contributed by atoms with Gasteiger partial charge in [-0.05, 0) is 59.5 Å². The molecule has 1 atom stereocenters. The maximum Gasteiger partial charge on any atom is 0.251 e. The van der Waals surface area contributed by atoms with Crippen molar-refractivity contribution in [1.29, 1.82) is 0 Å². The molecule has 184 valence electrons.